The largest absolute Gasteiger partial charge is 0.326 e. The van der Waals surface area contributed by atoms with Gasteiger partial charge in [0, 0.05) is 35.1 Å². The Labute approximate surface area is 161 Å². The summed E-state index contributed by atoms with van der Waals surface area (Å²) in [5, 5.41) is 16.2. The van der Waals surface area contributed by atoms with Crippen molar-refractivity contribution in [2.24, 2.45) is 5.92 Å². The van der Waals surface area contributed by atoms with Gasteiger partial charge in [0.1, 0.15) is 0 Å². The van der Waals surface area contributed by atoms with Crippen LogP contribution in [0.15, 0.2) is 60.9 Å². The molecule has 1 aliphatic rings. The minimum Gasteiger partial charge on any atom is -0.326 e. The van der Waals surface area contributed by atoms with Crippen molar-refractivity contribution in [1.82, 2.24) is 24.8 Å². The molecule has 1 fully saturated rings. The molecule has 5 rings (SSSR count). The fourth-order valence-corrected chi connectivity index (χ4v) is 3.29. The van der Waals surface area contributed by atoms with Gasteiger partial charge in [0.25, 0.3) is 0 Å². The van der Waals surface area contributed by atoms with Crippen LogP contribution in [0.5, 0.6) is 0 Å². The number of hydrogen-bond donors (Lipinski definition) is 1. The second-order valence-electron chi connectivity index (χ2n) is 6.95. The van der Waals surface area contributed by atoms with Crippen molar-refractivity contribution in [3.05, 3.63) is 60.9 Å². The summed E-state index contributed by atoms with van der Waals surface area (Å²) in [6, 6.07) is 15.3. The van der Waals surface area contributed by atoms with Gasteiger partial charge in [-0.3, -0.25) is 9.78 Å². The van der Waals surface area contributed by atoms with E-state index >= 15 is 0 Å². The fraction of sp³-hybridized carbons (Fsp3) is 0.190. The molecule has 0 spiro atoms. The second kappa shape index (κ2) is 6.84. The number of aromatic nitrogens is 5. The molecule has 1 N–H and O–H groups in total. The minimum absolute atomic E-state index is 0.101. The summed E-state index contributed by atoms with van der Waals surface area (Å²) < 4.78 is 1.71. The predicted octanol–water partition coefficient (Wildman–Crippen LogP) is 3.59. The molecule has 1 saturated carbocycles. The average molecular weight is 370 g/mol. The van der Waals surface area contributed by atoms with Gasteiger partial charge >= 0.3 is 0 Å². The zero-order valence-corrected chi connectivity index (χ0v) is 15.1. The first-order chi connectivity index (χ1) is 13.8. The second-order valence-corrected chi connectivity index (χ2v) is 6.95. The van der Waals surface area contributed by atoms with E-state index in [0.29, 0.717) is 11.5 Å². The third kappa shape index (κ3) is 3.00. The molecule has 1 aromatic carbocycles. The molecule has 3 heterocycles. The van der Waals surface area contributed by atoms with Crippen LogP contribution >= 0.6 is 0 Å². The first kappa shape index (κ1) is 16.6. The van der Waals surface area contributed by atoms with Crippen molar-refractivity contribution < 1.29 is 4.79 Å². The van der Waals surface area contributed by atoms with Gasteiger partial charge in [0.2, 0.25) is 5.91 Å². The first-order valence-electron chi connectivity index (χ1n) is 9.32. The number of carbonyl (C=O) groups excluding carboxylic acids is 1. The molecule has 0 atom stereocenters. The lowest BCUT2D eigenvalue weighted by atomic mass is 9.85. The van der Waals surface area contributed by atoms with Crippen LogP contribution in [0.3, 0.4) is 0 Å². The fourth-order valence-electron chi connectivity index (χ4n) is 3.29. The molecule has 0 saturated heterocycles. The number of anilines is 1. The summed E-state index contributed by atoms with van der Waals surface area (Å²) in [6.45, 7) is 0. The van der Waals surface area contributed by atoms with Crippen molar-refractivity contribution in [3.8, 4) is 22.6 Å². The number of fused-ring (bicyclic) bond motifs is 1. The van der Waals surface area contributed by atoms with Gasteiger partial charge < -0.3 is 5.32 Å². The standard InChI is InChI=1S/C21H18N6O/c28-21(14-4-1-5-14)23-17-8-2-6-15(12-17)18-9-10-19-24-25-20(27(19)26-18)16-7-3-11-22-13-16/h2-3,6-14H,1,4-5H2,(H,23,28). The maximum Gasteiger partial charge on any atom is 0.227 e. The molecular formula is C21H18N6O. The van der Waals surface area contributed by atoms with E-state index in [-0.39, 0.29) is 11.8 Å². The number of amides is 1. The van der Waals surface area contributed by atoms with Crippen LogP contribution in [0.1, 0.15) is 19.3 Å². The van der Waals surface area contributed by atoms with E-state index in [2.05, 4.69) is 20.5 Å². The lowest BCUT2D eigenvalue weighted by Crippen LogP contribution is -2.27. The third-order valence-corrected chi connectivity index (χ3v) is 5.08. The lowest BCUT2D eigenvalue weighted by molar-refractivity contribution is -0.122. The summed E-state index contributed by atoms with van der Waals surface area (Å²) in [5.74, 6) is 0.890. The number of pyridine rings is 1. The van der Waals surface area contributed by atoms with Crippen LogP contribution in [-0.2, 0) is 4.79 Å². The van der Waals surface area contributed by atoms with Gasteiger partial charge in [-0.1, -0.05) is 18.6 Å². The van der Waals surface area contributed by atoms with Gasteiger partial charge in [-0.05, 0) is 49.2 Å². The highest BCUT2D eigenvalue weighted by atomic mass is 16.1. The maximum absolute atomic E-state index is 12.2. The lowest BCUT2D eigenvalue weighted by Gasteiger charge is -2.24. The summed E-state index contributed by atoms with van der Waals surface area (Å²) in [4.78, 5) is 16.4. The van der Waals surface area contributed by atoms with Gasteiger partial charge in [0.15, 0.2) is 11.5 Å². The highest BCUT2D eigenvalue weighted by molar-refractivity contribution is 5.93. The van der Waals surface area contributed by atoms with E-state index < -0.39 is 0 Å². The van der Waals surface area contributed by atoms with Crippen molar-refractivity contribution in [1.29, 1.82) is 0 Å². The number of nitrogens with zero attached hydrogens (tertiary/aromatic N) is 5. The predicted molar refractivity (Wildman–Crippen MR) is 105 cm³/mol. The molecule has 0 bridgehead atoms. The van der Waals surface area contributed by atoms with E-state index in [1.165, 1.54) is 0 Å². The number of carbonyl (C=O) groups is 1. The Hall–Kier alpha value is -3.61. The van der Waals surface area contributed by atoms with E-state index in [0.717, 1.165) is 41.8 Å². The van der Waals surface area contributed by atoms with Crippen molar-refractivity contribution in [2.75, 3.05) is 5.32 Å². The van der Waals surface area contributed by atoms with E-state index in [4.69, 9.17) is 5.10 Å². The Balaban J connectivity index is 1.49. The quantitative estimate of drug-likeness (QED) is 0.593. The van der Waals surface area contributed by atoms with E-state index in [1.54, 1.807) is 16.9 Å². The SMILES string of the molecule is O=C(Nc1cccc(-c2ccc3nnc(-c4cccnc4)n3n2)c1)C1CCC1. The van der Waals surface area contributed by atoms with Gasteiger partial charge in [-0.25, -0.2) is 0 Å². The molecule has 1 aliphatic carbocycles. The molecule has 138 valence electrons. The van der Waals surface area contributed by atoms with Gasteiger partial charge in [-0.15, -0.1) is 10.2 Å². The Morgan fingerprint density at radius 3 is 2.71 bits per heavy atom. The van der Waals surface area contributed by atoms with E-state index in [1.807, 2.05) is 48.5 Å². The number of benzene rings is 1. The summed E-state index contributed by atoms with van der Waals surface area (Å²) in [7, 11) is 0. The number of hydrogen-bond acceptors (Lipinski definition) is 5. The van der Waals surface area contributed by atoms with Crippen molar-refractivity contribution in [2.45, 2.75) is 19.3 Å². The molecule has 1 amide bonds. The van der Waals surface area contributed by atoms with Gasteiger partial charge in [-0.2, -0.15) is 9.61 Å². The molecular weight excluding hydrogens is 352 g/mol. The van der Waals surface area contributed by atoms with Crippen LogP contribution in [0.4, 0.5) is 5.69 Å². The molecule has 4 aromatic rings. The molecule has 7 nitrogen and oxygen atoms in total. The normalized spacial score (nSPS) is 14.0. The Kier molecular flexibility index (Phi) is 4.05. The average Bonchev–Trinajstić information content (AvgIpc) is 3.10. The maximum atomic E-state index is 12.2. The minimum atomic E-state index is 0.101. The van der Waals surface area contributed by atoms with Crippen LogP contribution in [0, 0.1) is 5.92 Å². The van der Waals surface area contributed by atoms with Gasteiger partial charge in [0.05, 0.1) is 5.69 Å². The molecule has 0 unspecified atom stereocenters. The highest BCUT2D eigenvalue weighted by Crippen LogP contribution is 2.28. The van der Waals surface area contributed by atoms with Crippen LogP contribution in [0.25, 0.3) is 28.3 Å². The molecule has 0 radical (unpaired) electrons. The third-order valence-electron chi connectivity index (χ3n) is 5.08. The zero-order valence-electron chi connectivity index (χ0n) is 15.1. The highest BCUT2D eigenvalue weighted by Gasteiger charge is 2.25. The smallest absolute Gasteiger partial charge is 0.227 e. The van der Waals surface area contributed by atoms with Crippen LogP contribution in [0.2, 0.25) is 0 Å². The Morgan fingerprint density at radius 1 is 1.04 bits per heavy atom. The monoisotopic (exact) mass is 370 g/mol. The number of rotatable bonds is 4. The molecule has 0 aliphatic heterocycles. The molecule has 7 heteroatoms. The van der Waals surface area contributed by atoms with Crippen molar-refractivity contribution in [3.63, 3.8) is 0 Å². The van der Waals surface area contributed by atoms with Crippen LogP contribution < -0.4 is 5.32 Å². The Morgan fingerprint density at radius 2 is 1.93 bits per heavy atom. The summed E-state index contributed by atoms with van der Waals surface area (Å²) in [6.07, 6.45) is 6.56. The summed E-state index contributed by atoms with van der Waals surface area (Å²) in [5.41, 5.74) is 3.99. The zero-order chi connectivity index (χ0) is 18.9. The topological polar surface area (TPSA) is 85.1 Å². The molecule has 28 heavy (non-hydrogen) atoms. The van der Waals surface area contributed by atoms with Crippen molar-refractivity contribution >= 4 is 17.2 Å². The van der Waals surface area contributed by atoms with Crippen LogP contribution in [-0.4, -0.2) is 30.7 Å². The Bertz CT molecular complexity index is 1150. The molecule has 3 aromatic heterocycles. The first-order valence-corrected chi connectivity index (χ1v) is 9.32. The van der Waals surface area contributed by atoms with E-state index in [9.17, 15) is 4.79 Å². The number of nitrogens with one attached hydrogen (secondary N) is 1. The summed E-state index contributed by atoms with van der Waals surface area (Å²) >= 11 is 0.